The first-order valence-corrected chi connectivity index (χ1v) is 8.26. The van der Waals surface area contributed by atoms with E-state index in [1.807, 2.05) is 60.7 Å². The lowest BCUT2D eigenvalue weighted by Gasteiger charge is -2.05. The van der Waals surface area contributed by atoms with Crippen LogP contribution in [0.1, 0.15) is 11.4 Å². The smallest absolute Gasteiger partial charge is 0.222 e. The number of para-hydroxylation sites is 2. The Bertz CT molecular complexity index is 979. The number of aryl methyl sites for hydroxylation is 2. The van der Waals surface area contributed by atoms with Crippen LogP contribution in [0.4, 0.5) is 0 Å². The van der Waals surface area contributed by atoms with Gasteiger partial charge < -0.3 is 10.2 Å². The molecule has 0 saturated heterocycles. The number of aromatic nitrogens is 4. The van der Waals surface area contributed by atoms with Crippen LogP contribution < -0.4 is 0 Å². The molecule has 130 valence electrons. The molecule has 0 radical (unpaired) electrons. The first kappa shape index (κ1) is 16.0. The van der Waals surface area contributed by atoms with Crippen molar-refractivity contribution < 1.29 is 10.2 Å². The predicted octanol–water partition coefficient (Wildman–Crippen LogP) is 3.75. The summed E-state index contributed by atoms with van der Waals surface area (Å²) in [5.74, 6) is -0.0561. The van der Waals surface area contributed by atoms with E-state index in [0.29, 0.717) is 22.5 Å². The van der Waals surface area contributed by atoms with Crippen molar-refractivity contribution in [3.8, 4) is 34.3 Å². The third-order valence-electron chi connectivity index (χ3n) is 4.32. The van der Waals surface area contributed by atoms with Gasteiger partial charge in [0.2, 0.25) is 11.8 Å². The minimum absolute atomic E-state index is 0.0280. The highest BCUT2D eigenvalue weighted by Gasteiger charge is 2.25. The van der Waals surface area contributed by atoms with E-state index in [2.05, 4.69) is 10.2 Å². The van der Waals surface area contributed by atoms with Crippen molar-refractivity contribution in [2.75, 3.05) is 0 Å². The van der Waals surface area contributed by atoms with E-state index < -0.39 is 0 Å². The Morgan fingerprint density at radius 2 is 0.962 bits per heavy atom. The lowest BCUT2D eigenvalue weighted by molar-refractivity contribution is 0.428. The van der Waals surface area contributed by atoms with Gasteiger partial charge in [0.05, 0.1) is 33.9 Å². The minimum Gasteiger partial charge on any atom is -0.493 e. The highest BCUT2D eigenvalue weighted by atomic mass is 16.3. The normalized spacial score (nSPS) is 11.0. The maximum Gasteiger partial charge on any atom is 0.222 e. The van der Waals surface area contributed by atoms with Crippen LogP contribution in [0.3, 0.4) is 0 Å². The Morgan fingerprint density at radius 3 is 1.31 bits per heavy atom. The van der Waals surface area contributed by atoms with Gasteiger partial charge in [-0.25, -0.2) is 9.36 Å². The molecule has 2 N–H and O–H groups in total. The molecule has 0 fully saturated rings. The quantitative estimate of drug-likeness (QED) is 0.592. The molecule has 4 rings (SSSR count). The van der Waals surface area contributed by atoms with Crippen molar-refractivity contribution in [2.24, 2.45) is 0 Å². The van der Waals surface area contributed by atoms with Gasteiger partial charge in [0.25, 0.3) is 0 Å². The summed E-state index contributed by atoms with van der Waals surface area (Å²) in [6, 6.07) is 18.7. The molecule has 0 aliphatic carbocycles. The molecule has 0 aliphatic rings. The molecule has 0 bridgehead atoms. The Kier molecular flexibility index (Phi) is 3.73. The van der Waals surface area contributed by atoms with Crippen molar-refractivity contribution in [2.45, 2.75) is 13.8 Å². The molecule has 2 heterocycles. The second-order valence-corrected chi connectivity index (χ2v) is 6.06. The van der Waals surface area contributed by atoms with Crippen molar-refractivity contribution in [3.63, 3.8) is 0 Å². The molecule has 0 unspecified atom stereocenters. The Labute approximate surface area is 150 Å². The summed E-state index contributed by atoms with van der Waals surface area (Å²) in [7, 11) is 0. The summed E-state index contributed by atoms with van der Waals surface area (Å²) in [6.45, 7) is 3.60. The zero-order valence-corrected chi connectivity index (χ0v) is 14.5. The van der Waals surface area contributed by atoms with Crippen molar-refractivity contribution in [1.29, 1.82) is 0 Å². The van der Waals surface area contributed by atoms with Crippen LogP contribution >= 0.6 is 0 Å². The summed E-state index contributed by atoms with van der Waals surface area (Å²) in [5, 5.41) is 30.5. The number of hydrogen-bond acceptors (Lipinski definition) is 4. The van der Waals surface area contributed by atoms with Gasteiger partial charge in [-0.3, -0.25) is 0 Å². The van der Waals surface area contributed by atoms with Crippen LogP contribution in [-0.4, -0.2) is 29.8 Å². The molecule has 2 aromatic carbocycles. The number of aromatic hydroxyl groups is 2. The van der Waals surface area contributed by atoms with Crippen molar-refractivity contribution >= 4 is 0 Å². The number of nitrogens with zero attached hydrogens (tertiary/aromatic N) is 4. The fourth-order valence-corrected chi connectivity index (χ4v) is 3.11. The molecule has 0 spiro atoms. The molecule has 0 saturated carbocycles. The fourth-order valence-electron chi connectivity index (χ4n) is 3.11. The SMILES string of the molecule is Cc1nn(-c2ccccc2)c(O)c1-c1c(C)nn(-c2ccccc2)c1O. The molecule has 4 aromatic rings. The number of benzene rings is 2. The van der Waals surface area contributed by atoms with Gasteiger partial charge in [-0.15, -0.1) is 0 Å². The van der Waals surface area contributed by atoms with Gasteiger partial charge in [-0.1, -0.05) is 36.4 Å². The minimum atomic E-state index is -0.0280. The molecule has 0 atom stereocenters. The van der Waals surface area contributed by atoms with Gasteiger partial charge in [0.15, 0.2) is 0 Å². The van der Waals surface area contributed by atoms with E-state index in [1.54, 1.807) is 13.8 Å². The van der Waals surface area contributed by atoms with Gasteiger partial charge in [0, 0.05) is 0 Å². The predicted molar refractivity (Wildman–Crippen MR) is 98.9 cm³/mol. The zero-order chi connectivity index (χ0) is 18.3. The van der Waals surface area contributed by atoms with E-state index in [0.717, 1.165) is 11.4 Å². The molecule has 26 heavy (non-hydrogen) atoms. The lowest BCUT2D eigenvalue weighted by atomic mass is 10.1. The summed E-state index contributed by atoms with van der Waals surface area (Å²) in [6.07, 6.45) is 0. The van der Waals surface area contributed by atoms with Crippen LogP contribution in [0.5, 0.6) is 11.8 Å². The summed E-state index contributed by atoms with van der Waals surface area (Å²) < 4.78 is 2.92. The maximum atomic E-state index is 10.8. The summed E-state index contributed by atoms with van der Waals surface area (Å²) in [4.78, 5) is 0. The van der Waals surface area contributed by atoms with E-state index in [1.165, 1.54) is 9.36 Å². The molecular weight excluding hydrogens is 328 g/mol. The Morgan fingerprint density at radius 1 is 0.615 bits per heavy atom. The average Bonchev–Trinajstić information content (AvgIpc) is 3.12. The Balaban J connectivity index is 1.90. The van der Waals surface area contributed by atoms with E-state index in [9.17, 15) is 10.2 Å². The standard InChI is InChI=1S/C20H18N4O2/c1-13-17(19(25)23(21-13)15-9-5-3-6-10-15)18-14(2)22-24(20(18)26)16-11-7-4-8-12-16/h3-12,25-26H,1-2H3. The van der Waals surface area contributed by atoms with E-state index in [-0.39, 0.29) is 11.8 Å². The largest absolute Gasteiger partial charge is 0.493 e. The van der Waals surface area contributed by atoms with Crippen LogP contribution in [0.15, 0.2) is 60.7 Å². The van der Waals surface area contributed by atoms with Crippen molar-refractivity contribution in [1.82, 2.24) is 19.6 Å². The molecule has 2 aromatic heterocycles. The average molecular weight is 346 g/mol. The summed E-state index contributed by atoms with van der Waals surface area (Å²) in [5.41, 5.74) is 3.66. The molecule has 0 amide bonds. The second kappa shape index (κ2) is 6.07. The van der Waals surface area contributed by atoms with Crippen LogP contribution in [0, 0.1) is 13.8 Å². The third kappa shape index (κ3) is 2.43. The van der Waals surface area contributed by atoms with Crippen LogP contribution in [-0.2, 0) is 0 Å². The first-order valence-electron chi connectivity index (χ1n) is 8.26. The third-order valence-corrected chi connectivity index (χ3v) is 4.32. The van der Waals surface area contributed by atoms with Crippen LogP contribution in [0.2, 0.25) is 0 Å². The topological polar surface area (TPSA) is 76.1 Å². The highest BCUT2D eigenvalue weighted by molar-refractivity contribution is 5.78. The van der Waals surface area contributed by atoms with E-state index in [4.69, 9.17) is 0 Å². The monoisotopic (exact) mass is 346 g/mol. The number of hydrogen-bond donors (Lipinski definition) is 2. The molecule has 6 heteroatoms. The van der Waals surface area contributed by atoms with Gasteiger partial charge >= 0.3 is 0 Å². The highest BCUT2D eigenvalue weighted by Crippen LogP contribution is 2.41. The molecule has 6 nitrogen and oxygen atoms in total. The zero-order valence-electron chi connectivity index (χ0n) is 14.5. The van der Waals surface area contributed by atoms with Gasteiger partial charge in [-0.05, 0) is 38.1 Å². The van der Waals surface area contributed by atoms with Gasteiger partial charge in [-0.2, -0.15) is 10.2 Å². The maximum absolute atomic E-state index is 10.8. The summed E-state index contributed by atoms with van der Waals surface area (Å²) >= 11 is 0. The van der Waals surface area contributed by atoms with Gasteiger partial charge in [0.1, 0.15) is 0 Å². The number of rotatable bonds is 3. The molecular formula is C20H18N4O2. The second-order valence-electron chi connectivity index (χ2n) is 6.06. The lowest BCUT2D eigenvalue weighted by Crippen LogP contribution is -1.95. The van der Waals surface area contributed by atoms with Crippen molar-refractivity contribution in [3.05, 3.63) is 72.1 Å². The van der Waals surface area contributed by atoms with Crippen LogP contribution in [0.25, 0.3) is 22.5 Å². The van der Waals surface area contributed by atoms with E-state index >= 15 is 0 Å². The Hall–Kier alpha value is -3.54. The first-order chi connectivity index (χ1) is 12.6. The molecule has 0 aliphatic heterocycles. The fraction of sp³-hybridized carbons (Fsp3) is 0.100.